The Morgan fingerprint density at radius 3 is 2.75 bits per heavy atom. The van der Waals surface area contributed by atoms with E-state index >= 15 is 0 Å². The summed E-state index contributed by atoms with van der Waals surface area (Å²) in [5.74, 6) is -0.615. The second-order valence-electron chi connectivity index (χ2n) is 4.61. The monoisotopic (exact) mass is 367 g/mol. The van der Waals surface area contributed by atoms with Gasteiger partial charge in [-0.1, -0.05) is 23.7 Å². The van der Waals surface area contributed by atoms with Crippen LogP contribution in [0, 0.1) is 6.92 Å². The van der Waals surface area contributed by atoms with Gasteiger partial charge in [-0.2, -0.15) is 5.10 Å². The lowest BCUT2D eigenvalue weighted by Gasteiger charge is -2.11. The molecule has 2 amide bonds. The Kier molecular flexibility index (Phi) is 6.10. The quantitative estimate of drug-likeness (QED) is 0.476. The first-order chi connectivity index (χ1) is 11.5. The summed E-state index contributed by atoms with van der Waals surface area (Å²) < 4.78 is 5.26. The van der Waals surface area contributed by atoms with Crippen LogP contribution in [0.3, 0.4) is 0 Å². The van der Waals surface area contributed by atoms with E-state index in [0.717, 1.165) is 5.69 Å². The van der Waals surface area contributed by atoms with Crippen LogP contribution in [0.2, 0.25) is 5.02 Å². The maximum absolute atomic E-state index is 11.7. The molecule has 10 heteroatoms. The number of rotatable bonds is 4. The van der Waals surface area contributed by atoms with Crippen LogP contribution in [-0.4, -0.2) is 33.7 Å². The molecule has 24 heavy (non-hydrogen) atoms. The van der Waals surface area contributed by atoms with Gasteiger partial charge in [0.25, 0.3) is 11.8 Å². The molecule has 0 spiro atoms. The van der Waals surface area contributed by atoms with Crippen LogP contribution in [0.4, 0.5) is 0 Å². The van der Waals surface area contributed by atoms with Gasteiger partial charge < -0.3 is 4.74 Å². The van der Waals surface area contributed by atoms with E-state index in [1.807, 2.05) is 0 Å². The Morgan fingerprint density at radius 1 is 1.33 bits per heavy atom. The third-order valence-electron chi connectivity index (χ3n) is 2.68. The molecule has 0 unspecified atom stereocenters. The number of benzene rings is 1. The number of halogens is 1. The summed E-state index contributed by atoms with van der Waals surface area (Å²) in [5, 5.41) is 9.09. The average Bonchev–Trinajstić information content (AvgIpc) is 2.98. The number of hydrazine groups is 1. The zero-order valence-electron chi connectivity index (χ0n) is 12.6. The minimum atomic E-state index is -0.503. The van der Waals surface area contributed by atoms with E-state index in [-0.39, 0.29) is 17.4 Å². The fourth-order valence-electron chi connectivity index (χ4n) is 1.61. The van der Waals surface area contributed by atoms with Crippen molar-refractivity contribution in [1.82, 2.24) is 26.4 Å². The lowest BCUT2D eigenvalue weighted by molar-refractivity contribution is -0.121. The largest absolute Gasteiger partial charge is 0.482 e. The first-order valence-corrected chi connectivity index (χ1v) is 7.54. The highest BCUT2D eigenvalue weighted by atomic mass is 35.5. The maximum atomic E-state index is 11.7. The van der Waals surface area contributed by atoms with E-state index in [1.54, 1.807) is 37.3 Å². The number of hydrogen-bond donors (Lipinski definition) is 4. The number of aromatic nitrogens is 2. The summed E-state index contributed by atoms with van der Waals surface area (Å²) in [4.78, 5) is 23.4. The molecule has 1 heterocycles. The van der Waals surface area contributed by atoms with Gasteiger partial charge in [-0.15, -0.1) is 0 Å². The minimum Gasteiger partial charge on any atom is -0.482 e. The molecule has 2 rings (SSSR count). The summed E-state index contributed by atoms with van der Waals surface area (Å²) in [6.07, 6.45) is 0. The number of thiocarbonyl (C=S) groups is 1. The molecule has 1 aromatic heterocycles. The summed E-state index contributed by atoms with van der Waals surface area (Å²) in [6.45, 7) is 1.49. The van der Waals surface area contributed by atoms with Crippen molar-refractivity contribution in [2.24, 2.45) is 0 Å². The lowest BCUT2D eigenvalue weighted by atomic mass is 10.3. The van der Waals surface area contributed by atoms with Crippen molar-refractivity contribution in [1.29, 1.82) is 0 Å². The number of carbonyl (C=O) groups excluding carboxylic acids is 2. The molecule has 0 saturated carbocycles. The number of aryl methyl sites for hydroxylation is 1. The predicted octanol–water partition coefficient (Wildman–Crippen LogP) is 1.09. The summed E-state index contributed by atoms with van der Waals surface area (Å²) in [6, 6.07) is 8.33. The predicted molar refractivity (Wildman–Crippen MR) is 91.6 cm³/mol. The molecule has 0 aliphatic carbocycles. The molecule has 4 N–H and O–H groups in total. The van der Waals surface area contributed by atoms with E-state index in [0.29, 0.717) is 10.8 Å². The van der Waals surface area contributed by atoms with E-state index in [1.165, 1.54) is 0 Å². The number of nitrogens with one attached hydrogen (secondary N) is 4. The van der Waals surface area contributed by atoms with Crippen molar-refractivity contribution in [2.45, 2.75) is 6.92 Å². The molecule has 0 radical (unpaired) electrons. The maximum Gasteiger partial charge on any atom is 0.290 e. The number of ether oxygens (including phenoxy) is 1. The van der Waals surface area contributed by atoms with Gasteiger partial charge in [0, 0.05) is 5.69 Å². The Bertz CT molecular complexity index is 764. The van der Waals surface area contributed by atoms with E-state index in [9.17, 15) is 9.59 Å². The van der Waals surface area contributed by atoms with Gasteiger partial charge in [-0.3, -0.25) is 30.9 Å². The number of aromatic amines is 1. The molecule has 0 saturated heterocycles. The Morgan fingerprint density at radius 2 is 2.08 bits per heavy atom. The van der Waals surface area contributed by atoms with Crippen LogP contribution < -0.4 is 20.9 Å². The van der Waals surface area contributed by atoms with E-state index < -0.39 is 11.8 Å². The molecule has 0 bridgehead atoms. The molecule has 0 aliphatic heterocycles. The third kappa shape index (κ3) is 5.21. The SMILES string of the molecule is Cc1cc(C(=O)NNC(=S)NC(=O)COc2ccccc2Cl)n[nH]1. The fourth-order valence-corrected chi connectivity index (χ4v) is 1.97. The Labute approximate surface area is 147 Å². The van der Waals surface area contributed by atoms with Gasteiger partial charge in [0.05, 0.1) is 5.02 Å². The highest BCUT2D eigenvalue weighted by Gasteiger charge is 2.11. The standard InChI is InChI=1S/C14H14ClN5O3S/c1-8-6-10(18-17-8)13(22)19-20-14(24)16-12(21)7-23-11-5-3-2-4-9(11)15/h2-6H,7H2,1H3,(H,17,18)(H,19,22)(H2,16,20,21,24). The molecule has 126 valence electrons. The summed E-state index contributed by atoms with van der Waals surface area (Å²) >= 11 is 10.8. The van der Waals surface area contributed by atoms with Crippen molar-refractivity contribution >= 4 is 40.7 Å². The topological polar surface area (TPSA) is 108 Å². The van der Waals surface area contributed by atoms with Crippen molar-refractivity contribution in [3.05, 3.63) is 46.7 Å². The fraction of sp³-hybridized carbons (Fsp3) is 0.143. The number of para-hydroxylation sites is 1. The van der Waals surface area contributed by atoms with E-state index in [4.69, 9.17) is 28.6 Å². The Balaban J connectivity index is 1.73. The zero-order chi connectivity index (χ0) is 17.5. The zero-order valence-corrected chi connectivity index (χ0v) is 14.1. The molecule has 2 aromatic rings. The first kappa shape index (κ1) is 17.7. The lowest BCUT2D eigenvalue weighted by Crippen LogP contribution is -2.49. The van der Waals surface area contributed by atoms with Crippen molar-refractivity contribution in [3.63, 3.8) is 0 Å². The van der Waals surface area contributed by atoms with Crippen molar-refractivity contribution in [3.8, 4) is 5.75 Å². The van der Waals surface area contributed by atoms with Crippen LogP contribution in [-0.2, 0) is 4.79 Å². The number of nitrogens with zero attached hydrogens (tertiary/aromatic N) is 1. The number of amides is 2. The minimum absolute atomic E-state index is 0.0802. The van der Waals surface area contributed by atoms with Crippen LogP contribution in [0.25, 0.3) is 0 Å². The highest BCUT2D eigenvalue weighted by molar-refractivity contribution is 7.80. The second kappa shape index (κ2) is 8.27. The summed E-state index contributed by atoms with van der Waals surface area (Å²) in [7, 11) is 0. The number of hydrogen-bond acceptors (Lipinski definition) is 5. The van der Waals surface area contributed by atoms with Gasteiger partial charge >= 0.3 is 0 Å². The van der Waals surface area contributed by atoms with Crippen LogP contribution in [0.15, 0.2) is 30.3 Å². The molecule has 8 nitrogen and oxygen atoms in total. The second-order valence-corrected chi connectivity index (χ2v) is 5.43. The average molecular weight is 368 g/mol. The van der Waals surface area contributed by atoms with Crippen molar-refractivity contribution < 1.29 is 14.3 Å². The molecular formula is C14H14ClN5O3S. The van der Waals surface area contributed by atoms with Gasteiger partial charge in [-0.05, 0) is 37.3 Å². The highest BCUT2D eigenvalue weighted by Crippen LogP contribution is 2.22. The van der Waals surface area contributed by atoms with Crippen LogP contribution in [0.1, 0.15) is 16.2 Å². The van der Waals surface area contributed by atoms with E-state index in [2.05, 4.69) is 26.4 Å². The van der Waals surface area contributed by atoms with Gasteiger partial charge in [0.1, 0.15) is 5.75 Å². The van der Waals surface area contributed by atoms with Crippen LogP contribution in [0.5, 0.6) is 5.75 Å². The number of H-pyrrole nitrogens is 1. The molecule has 0 aliphatic rings. The normalized spacial score (nSPS) is 9.92. The first-order valence-electron chi connectivity index (χ1n) is 6.75. The van der Waals surface area contributed by atoms with Gasteiger partial charge in [0.15, 0.2) is 17.4 Å². The molecular weight excluding hydrogens is 354 g/mol. The third-order valence-corrected chi connectivity index (χ3v) is 3.19. The van der Waals surface area contributed by atoms with Crippen molar-refractivity contribution in [2.75, 3.05) is 6.61 Å². The summed E-state index contributed by atoms with van der Waals surface area (Å²) in [5.41, 5.74) is 5.64. The molecule has 1 aromatic carbocycles. The Hall–Kier alpha value is -2.65. The van der Waals surface area contributed by atoms with Crippen LogP contribution >= 0.6 is 23.8 Å². The molecule has 0 atom stereocenters. The van der Waals surface area contributed by atoms with Gasteiger partial charge in [0.2, 0.25) is 0 Å². The molecule has 0 fully saturated rings. The van der Waals surface area contributed by atoms with Gasteiger partial charge in [-0.25, -0.2) is 0 Å². The number of carbonyl (C=O) groups is 2. The smallest absolute Gasteiger partial charge is 0.290 e.